The van der Waals surface area contributed by atoms with E-state index >= 15 is 0 Å². The first kappa shape index (κ1) is 21.2. The van der Waals surface area contributed by atoms with Gasteiger partial charge in [0.1, 0.15) is 0 Å². The quantitative estimate of drug-likeness (QED) is 0.443. The average Bonchev–Trinajstić information content (AvgIpc) is 3.58. The summed E-state index contributed by atoms with van der Waals surface area (Å²) in [6.45, 7) is 22.2. The minimum Gasteiger partial charge on any atom is -0.346 e. The van der Waals surface area contributed by atoms with Crippen LogP contribution in [0.3, 0.4) is 0 Å². The van der Waals surface area contributed by atoms with Gasteiger partial charge < -0.3 is 18.9 Å². The predicted octanol–water partition coefficient (Wildman–Crippen LogP) is 5.51. The second-order valence-electron chi connectivity index (χ2n) is 13.6. The summed E-state index contributed by atoms with van der Waals surface area (Å²) in [6.07, 6.45) is 5.19. The molecule has 4 nitrogen and oxygen atoms in total. The zero-order valence-electron chi connectivity index (χ0n) is 22.1. The Bertz CT molecular complexity index is 1130. The fourth-order valence-corrected chi connectivity index (χ4v) is 12.4. The number of hydrogen-bond donors (Lipinski definition) is 0. The van der Waals surface area contributed by atoms with Crippen molar-refractivity contribution in [3.63, 3.8) is 0 Å². The number of allylic oxidation sites excluding steroid dienone is 2. The van der Waals surface area contributed by atoms with Crippen molar-refractivity contribution in [1.29, 1.82) is 0 Å². The molecule has 4 bridgehead atoms. The van der Waals surface area contributed by atoms with E-state index in [9.17, 15) is 0 Å². The highest BCUT2D eigenvalue weighted by Gasteiger charge is 2.90. The van der Waals surface area contributed by atoms with Gasteiger partial charge in [0, 0.05) is 21.7 Å². The van der Waals surface area contributed by atoms with Gasteiger partial charge in [0.25, 0.3) is 0 Å². The van der Waals surface area contributed by atoms with Crippen LogP contribution >= 0.6 is 0 Å². The number of hydrogen-bond acceptors (Lipinski definition) is 4. The average molecular weight is 465 g/mol. The summed E-state index contributed by atoms with van der Waals surface area (Å²) >= 11 is 0. The number of ether oxygens (including phenoxy) is 4. The second-order valence-corrected chi connectivity index (χ2v) is 13.6. The summed E-state index contributed by atoms with van der Waals surface area (Å²) in [7, 11) is 0. The Morgan fingerprint density at radius 3 is 1.50 bits per heavy atom. The highest BCUT2D eigenvalue weighted by molar-refractivity contribution is 5.53. The van der Waals surface area contributed by atoms with Gasteiger partial charge >= 0.3 is 0 Å². The number of rotatable bonds is 0. The third-order valence-electron chi connectivity index (χ3n) is 14.0. The molecule has 0 radical (unpaired) electrons. The van der Waals surface area contributed by atoms with E-state index in [0.717, 1.165) is 0 Å². The lowest BCUT2D eigenvalue weighted by molar-refractivity contribution is -0.252. The number of fused-ring (bicyclic) bond motifs is 10. The van der Waals surface area contributed by atoms with Gasteiger partial charge in [-0.2, -0.15) is 0 Å². The maximum absolute atomic E-state index is 6.73. The van der Waals surface area contributed by atoms with E-state index in [4.69, 9.17) is 18.9 Å². The van der Waals surface area contributed by atoms with E-state index in [1.807, 2.05) is 0 Å². The van der Waals surface area contributed by atoms with Crippen molar-refractivity contribution in [3.8, 4) is 0 Å². The summed E-state index contributed by atoms with van der Waals surface area (Å²) in [5.74, 6) is 2.22. The van der Waals surface area contributed by atoms with Crippen LogP contribution in [0.15, 0.2) is 34.4 Å². The lowest BCUT2D eigenvalue weighted by Crippen LogP contribution is -2.61. The van der Waals surface area contributed by atoms with Crippen LogP contribution in [0.1, 0.15) is 55.4 Å². The Hall–Kier alpha value is -0.940. The Morgan fingerprint density at radius 1 is 0.559 bits per heavy atom. The van der Waals surface area contributed by atoms with Gasteiger partial charge in [0.15, 0.2) is 11.6 Å². The minimum absolute atomic E-state index is 0.0629. The topological polar surface area (TPSA) is 36.9 Å². The van der Waals surface area contributed by atoms with Crippen LogP contribution in [0.25, 0.3) is 0 Å². The summed E-state index contributed by atoms with van der Waals surface area (Å²) in [5.41, 5.74) is 5.68. The third-order valence-corrected chi connectivity index (χ3v) is 14.0. The lowest BCUT2D eigenvalue weighted by atomic mass is 9.38. The van der Waals surface area contributed by atoms with Crippen LogP contribution in [0.2, 0.25) is 0 Å². The molecule has 0 unspecified atom stereocenters. The second kappa shape index (κ2) is 5.49. The van der Waals surface area contributed by atoms with E-state index in [1.54, 1.807) is 0 Å². The molecule has 2 spiro atoms. The molecule has 8 aliphatic rings. The van der Waals surface area contributed by atoms with Gasteiger partial charge in [-0.1, -0.05) is 62.1 Å². The molecule has 4 heteroatoms. The summed E-state index contributed by atoms with van der Waals surface area (Å²) < 4.78 is 26.9. The molecule has 0 amide bonds. The van der Waals surface area contributed by atoms with Crippen LogP contribution < -0.4 is 0 Å². The van der Waals surface area contributed by atoms with Gasteiger partial charge in [-0.05, 0) is 63.2 Å². The zero-order chi connectivity index (χ0) is 23.8. The Kier molecular flexibility index (Phi) is 3.42. The third kappa shape index (κ3) is 1.47. The summed E-state index contributed by atoms with van der Waals surface area (Å²) in [4.78, 5) is 0. The molecule has 2 heterocycles. The van der Waals surface area contributed by atoms with Crippen molar-refractivity contribution in [3.05, 3.63) is 34.4 Å². The maximum atomic E-state index is 6.73. The van der Waals surface area contributed by atoms with Crippen LogP contribution in [-0.2, 0) is 18.9 Å². The highest BCUT2D eigenvalue weighted by atomic mass is 16.7. The largest absolute Gasteiger partial charge is 0.346 e. The monoisotopic (exact) mass is 464 g/mol. The van der Waals surface area contributed by atoms with Crippen LogP contribution in [0, 0.1) is 57.2 Å². The first-order chi connectivity index (χ1) is 16.0. The molecule has 184 valence electrons. The molecule has 0 aromatic carbocycles. The van der Waals surface area contributed by atoms with Crippen molar-refractivity contribution in [2.45, 2.75) is 67.0 Å². The molecule has 5 fully saturated rings. The standard InChI is InChI=1S/C30H40O4/c1-15-16(2)27(7)23-20(25(15,5)29(27)31-11-12-32-29)10-9-19-21(23)24-22(19)26(6)17(3)18(4)28(24,8)30(26)33-13-14-34-30/h9-10,19-24H,11-14H2,1-8H3/t19-,20+,21+,22-,23-,24-,25-,26+,27-,28+/m1/s1. The van der Waals surface area contributed by atoms with Crippen LogP contribution in [0.5, 0.6) is 0 Å². The van der Waals surface area contributed by atoms with Crippen LogP contribution in [-0.4, -0.2) is 38.0 Å². The van der Waals surface area contributed by atoms with Crippen molar-refractivity contribution < 1.29 is 18.9 Å². The van der Waals surface area contributed by atoms with Crippen LogP contribution in [0.4, 0.5) is 0 Å². The molecule has 3 saturated carbocycles. The molecule has 2 aliphatic heterocycles. The molecule has 8 rings (SSSR count). The lowest BCUT2D eigenvalue weighted by Gasteiger charge is -2.64. The SMILES string of the molecule is CC1=C(C)[C@@]2(C)[C@@H]3[C@H]4[C@@H](C=C[C@H]5[C@H]4[C@@]4(C)C(C)=C(C)[C@@]5(C)C45OCCO5)[C@H]3[C@@]1(C)C21OCCO1. The molecular formula is C30H40O4. The fraction of sp³-hybridized carbons (Fsp3) is 0.800. The van der Waals surface area contributed by atoms with E-state index in [1.165, 1.54) is 22.3 Å². The highest BCUT2D eigenvalue weighted by Crippen LogP contribution is 2.89. The Labute approximate surface area is 204 Å². The van der Waals surface area contributed by atoms with Gasteiger partial charge in [0.05, 0.1) is 26.4 Å². The normalized spacial score (nSPS) is 58.8. The Morgan fingerprint density at radius 2 is 0.971 bits per heavy atom. The van der Waals surface area contributed by atoms with Gasteiger partial charge in [-0.15, -0.1) is 0 Å². The summed E-state index contributed by atoms with van der Waals surface area (Å²) in [6, 6.07) is 0. The molecule has 10 atom stereocenters. The Balaban J connectivity index is 1.35. The van der Waals surface area contributed by atoms with Gasteiger partial charge in [-0.3, -0.25) is 0 Å². The van der Waals surface area contributed by atoms with E-state index < -0.39 is 11.6 Å². The van der Waals surface area contributed by atoms with Crippen molar-refractivity contribution in [2.24, 2.45) is 57.2 Å². The van der Waals surface area contributed by atoms with E-state index in [0.29, 0.717) is 61.9 Å². The fourth-order valence-electron chi connectivity index (χ4n) is 12.4. The van der Waals surface area contributed by atoms with Crippen molar-refractivity contribution >= 4 is 0 Å². The van der Waals surface area contributed by atoms with E-state index in [2.05, 4.69) is 67.5 Å². The zero-order valence-corrected chi connectivity index (χ0v) is 22.1. The molecular weight excluding hydrogens is 424 g/mol. The molecule has 0 N–H and O–H groups in total. The predicted molar refractivity (Wildman–Crippen MR) is 129 cm³/mol. The van der Waals surface area contributed by atoms with Gasteiger partial charge in [-0.25, -0.2) is 0 Å². The minimum atomic E-state index is -0.533. The smallest absolute Gasteiger partial charge is 0.187 e. The molecule has 0 aromatic heterocycles. The molecule has 34 heavy (non-hydrogen) atoms. The summed E-state index contributed by atoms with van der Waals surface area (Å²) in [5, 5.41) is 0. The maximum Gasteiger partial charge on any atom is 0.187 e. The van der Waals surface area contributed by atoms with E-state index in [-0.39, 0.29) is 21.7 Å². The van der Waals surface area contributed by atoms with Crippen molar-refractivity contribution in [2.75, 3.05) is 26.4 Å². The molecule has 0 aromatic rings. The first-order valence-corrected chi connectivity index (χ1v) is 13.6. The molecule has 2 saturated heterocycles. The molecule has 6 aliphatic carbocycles. The van der Waals surface area contributed by atoms with Crippen molar-refractivity contribution in [1.82, 2.24) is 0 Å². The first-order valence-electron chi connectivity index (χ1n) is 13.6. The van der Waals surface area contributed by atoms with Gasteiger partial charge in [0.2, 0.25) is 0 Å².